The third kappa shape index (κ3) is 4.64. The van der Waals surface area contributed by atoms with Gasteiger partial charge in [-0.15, -0.1) is 11.8 Å². The molecule has 1 amide bonds. The van der Waals surface area contributed by atoms with Crippen LogP contribution >= 0.6 is 11.8 Å². The highest BCUT2D eigenvalue weighted by Gasteiger charge is 1.96. The molecule has 1 aromatic rings. The fraction of sp³-hybridized carbons (Fsp3) is 0.444. The Morgan fingerprint density at radius 2 is 2.27 bits per heavy atom. The number of rotatable bonds is 5. The summed E-state index contributed by atoms with van der Waals surface area (Å²) in [6.07, 6.45) is 3.48. The van der Waals surface area contributed by atoms with Crippen molar-refractivity contribution in [3.63, 3.8) is 0 Å². The third-order valence-electron chi connectivity index (χ3n) is 1.66. The normalized spacial score (nSPS) is 9.73. The van der Waals surface area contributed by atoms with E-state index in [0.29, 0.717) is 13.1 Å². The quantitative estimate of drug-likeness (QED) is 0.440. The van der Waals surface area contributed by atoms with Gasteiger partial charge in [0.25, 0.3) is 0 Å². The first-order valence-corrected chi connectivity index (χ1v) is 5.79. The zero-order valence-corrected chi connectivity index (χ0v) is 9.60. The number of nitrogens with zero attached hydrogens (tertiary/aromatic N) is 2. The Hall–Kier alpha value is -1.30. The minimum absolute atomic E-state index is 0.0238. The van der Waals surface area contributed by atoms with E-state index < -0.39 is 0 Å². The van der Waals surface area contributed by atoms with Gasteiger partial charge in [0.15, 0.2) is 0 Å². The third-order valence-corrected chi connectivity index (χ3v) is 2.30. The molecule has 0 saturated heterocycles. The number of anilines is 1. The van der Waals surface area contributed by atoms with Crippen molar-refractivity contribution in [3.05, 3.63) is 12.4 Å². The fourth-order valence-electron chi connectivity index (χ4n) is 0.977. The summed E-state index contributed by atoms with van der Waals surface area (Å²) in [7, 11) is 0. The topological polar surface area (TPSA) is 66.9 Å². The molecule has 0 aromatic carbocycles. The molecule has 82 valence electrons. The largest absolute Gasteiger partial charge is 0.368 e. The average Bonchev–Trinajstić information content (AvgIpc) is 2.24. The van der Waals surface area contributed by atoms with Gasteiger partial charge in [0, 0.05) is 26.1 Å². The van der Waals surface area contributed by atoms with Gasteiger partial charge in [-0.25, -0.2) is 9.97 Å². The summed E-state index contributed by atoms with van der Waals surface area (Å²) in [4.78, 5) is 18.7. The summed E-state index contributed by atoms with van der Waals surface area (Å²) in [5.41, 5.74) is 0. The highest BCUT2D eigenvalue weighted by molar-refractivity contribution is 7.98. The zero-order valence-electron chi connectivity index (χ0n) is 8.78. The lowest BCUT2D eigenvalue weighted by Gasteiger charge is -2.06. The van der Waals surface area contributed by atoms with E-state index in [0.717, 1.165) is 10.8 Å². The Balaban J connectivity index is 2.33. The van der Waals surface area contributed by atoms with E-state index in [2.05, 4.69) is 20.6 Å². The Morgan fingerprint density at radius 3 is 2.93 bits per heavy atom. The maximum absolute atomic E-state index is 10.6. The Kier molecular flexibility index (Phi) is 4.89. The molecule has 0 aliphatic rings. The van der Waals surface area contributed by atoms with Gasteiger partial charge in [0.05, 0.1) is 0 Å². The SMILES string of the molecule is CSc1cc(NCCNC(C)=O)ncn1. The van der Waals surface area contributed by atoms with Crippen molar-refractivity contribution in [1.29, 1.82) is 0 Å². The molecule has 0 radical (unpaired) electrons. The molecule has 15 heavy (non-hydrogen) atoms. The van der Waals surface area contributed by atoms with E-state index in [1.165, 1.54) is 13.3 Å². The molecule has 0 saturated carbocycles. The minimum atomic E-state index is -0.0238. The van der Waals surface area contributed by atoms with Crippen LogP contribution in [0.5, 0.6) is 0 Å². The highest BCUT2D eigenvalue weighted by atomic mass is 32.2. The molecule has 0 aliphatic heterocycles. The number of nitrogens with one attached hydrogen (secondary N) is 2. The molecular weight excluding hydrogens is 212 g/mol. The Morgan fingerprint density at radius 1 is 1.47 bits per heavy atom. The van der Waals surface area contributed by atoms with Crippen LogP contribution in [0.2, 0.25) is 0 Å². The van der Waals surface area contributed by atoms with Gasteiger partial charge in [-0.1, -0.05) is 0 Å². The summed E-state index contributed by atoms with van der Waals surface area (Å²) < 4.78 is 0. The molecule has 2 N–H and O–H groups in total. The van der Waals surface area contributed by atoms with Gasteiger partial charge >= 0.3 is 0 Å². The first-order chi connectivity index (χ1) is 7.22. The van der Waals surface area contributed by atoms with Gasteiger partial charge in [-0.2, -0.15) is 0 Å². The van der Waals surface area contributed by atoms with Gasteiger partial charge < -0.3 is 10.6 Å². The molecule has 0 unspecified atom stereocenters. The van der Waals surface area contributed by atoms with Crippen molar-refractivity contribution in [2.75, 3.05) is 24.7 Å². The van der Waals surface area contributed by atoms with Gasteiger partial charge in [-0.3, -0.25) is 4.79 Å². The number of carbonyl (C=O) groups is 1. The van der Waals surface area contributed by atoms with E-state index in [1.54, 1.807) is 11.8 Å². The number of aromatic nitrogens is 2. The smallest absolute Gasteiger partial charge is 0.216 e. The summed E-state index contributed by atoms with van der Waals surface area (Å²) in [5.74, 6) is 0.754. The van der Waals surface area contributed by atoms with E-state index in [1.807, 2.05) is 12.3 Å². The summed E-state index contributed by atoms with van der Waals surface area (Å²) in [5, 5.41) is 6.71. The molecule has 6 heteroatoms. The molecule has 0 fully saturated rings. The molecule has 5 nitrogen and oxygen atoms in total. The van der Waals surface area contributed by atoms with Crippen molar-refractivity contribution >= 4 is 23.5 Å². The monoisotopic (exact) mass is 226 g/mol. The lowest BCUT2D eigenvalue weighted by atomic mass is 10.5. The number of amides is 1. The number of thioether (sulfide) groups is 1. The van der Waals surface area contributed by atoms with E-state index in [9.17, 15) is 4.79 Å². The van der Waals surface area contributed by atoms with Crippen LogP contribution in [0.4, 0.5) is 5.82 Å². The molecule has 1 aromatic heterocycles. The molecule has 0 atom stereocenters. The standard InChI is InChI=1S/C9H14N4OS/c1-7(14)10-3-4-11-8-5-9(15-2)13-6-12-8/h5-6H,3-4H2,1-2H3,(H,10,14)(H,11,12,13). The molecule has 1 heterocycles. The lowest BCUT2D eigenvalue weighted by molar-refractivity contribution is -0.118. The molecule has 1 rings (SSSR count). The van der Waals surface area contributed by atoms with Crippen molar-refractivity contribution in [1.82, 2.24) is 15.3 Å². The molecular formula is C9H14N4OS. The Labute approximate surface area is 93.1 Å². The van der Waals surface area contributed by atoms with E-state index in [4.69, 9.17) is 0 Å². The minimum Gasteiger partial charge on any atom is -0.368 e. The number of hydrogen-bond acceptors (Lipinski definition) is 5. The van der Waals surface area contributed by atoms with Crippen LogP contribution in [0.1, 0.15) is 6.92 Å². The van der Waals surface area contributed by atoms with Crippen LogP contribution in [-0.2, 0) is 4.79 Å². The zero-order chi connectivity index (χ0) is 11.1. The number of carbonyl (C=O) groups excluding carboxylic acids is 1. The fourth-order valence-corrected chi connectivity index (χ4v) is 1.36. The van der Waals surface area contributed by atoms with Crippen molar-refractivity contribution in [2.45, 2.75) is 11.9 Å². The Bertz CT molecular complexity index is 332. The van der Waals surface area contributed by atoms with Gasteiger partial charge in [0.1, 0.15) is 17.2 Å². The molecule has 0 bridgehead atoms. The van der Waals surface area contributed by atoms with E-state index in [-0.39, 0.29) is 5.91 Å². The second kappa shape index (κ2) is 6.23. The van der Waals surface area contributed by atoms with Crippen LogP contribution in [-0.4, -0.2) is 35.2 Å². The second-order valence-electron chi connectivity index (χ2n) is 2.86. The predicted molar refractivity (Wildman–Crippen MR) is 61.0 cm³/mol. The summed E-state index contributed by atoms with van der Waals surface area (Å²) in [6, 6.07) is 1.87. The molecule has 0 spiro atoms. The summed E-state index contributed by atoms with van der Waals surface area (Å²) >= 11 is 1.57. The number of hydrogen-bond donors (Lipinski definition) is 2. The van der Waals surface area contributed by atoms with Crippen molar-refractivity contribution < 1.29 is 4.79 Å². The average molecular weight is 226 g/mol. The summed E-state index contributed by atoms with van der Waals surface area (Å²) in [6.45, 7) is 2.74. The van der Waals surface area contributed by atoms with Crippen LogP contribution in [0.15, 0.2) is 17.4 Å². The van der Waals surface area contributed by atoms with E-state index >= 15 is 0 Å². The first kappa shape index (κ1) is 11.8. The van der Waals surface area contributed by atoms with Crippen LogP contribution < -0.4 is 10.6 Å². The van der Waals surface area contributed by atoms with Crippen molar-refractivity contribution in [2.24, 2.45) is 0 Å². The molecule has 0 aliphatic carbocycles. The van der Waals surface area contributed by atoms with Gasteiger partial charge in [0.2, 0.25) is 5.91 Å². The van der Waals surface area contributed by atoms with Crippen LogP contribution in [0, 0.1) is 0 Å². The maximum atomic E-state index is 10.6. The first-order valence-electron chi connectivity index (χ1n) is 4.56. The lowest BCUT2D eigenvalue weighted by Crippen LogP contribution is -2.26. The second-order valence-corrected chi connectivity index (χ2v) is 3.68. The highest BCUT2D eigenvalue weighted by Crippen LogP contribution is 2.12. The van der Waals surface area contributed by atoms with Crippen LogP contribution in [0.3, 0.4) is 0 Å². The maximum Gasteiger partial charge on any atom is 0.216 e. The predicted octanol–water partition coefficient (Wildman–Crippen LogP) is 0.746. The van der Waals surface area contributed by atoms with Gasteiger partial charge in [-0.05, 0) is 6.26 Å². The van der Waals surface area contributed by atoms with Crippen LogP contribution in [0.25, 0.3) is 0 Å². The van der Waals surface area contributed by atoms with Crippen molar-refractivity contribution in [3.8, 4) is 0 Å².